The van der Waals surface area contributed by atoms with E-state index in [9.17, 15) is 0 Å². The Morgan fingerprint density at radius 3 is 0.979 bits per heavy atom. The number of hydrogen-bond acceptors (Lipinski definition) is 0. The van der Waals surface area contributed by atoms with Crippen molar-refractivity contribution in [2.75, 3.05) is 0 Å². The number of allylic oxidation sites excluding steroid dienone is 1. The molecule has 0 nitrogen and oxygen atoms in total. The van der Waals surface area contributed by atoms with E-state index in [2.05, 4.69) is 57.3 Å². The molecule has 1 rings (SSSR count). The molecule has 0 spiro atoms. The lowest BCUT2D eigenvalue weighted by atomic mass is 10.0. The Hall–Kier alpha value is -0.823. The topological polar surface area (TPSA) is 0 Å². The second-order valence-corrected chi connectivity index (χ2v) is 18.5. The summed E-state index contributed by atoms with van der Waals surface area (Å²) in [6, 6.07) is 12.7. The monoisotopic (exact) mass is 685 g/mol. The predicted octanol–water partition coefficient (Wildman–Crippen LogP) is 16.9. The first-order valence-electron chi connectivity index (χ1n) is 22.4. The second-order valence-electron chi connectivity index (χ2n) is 15.5. The van der Waals surface area contributed by atoms with Crippen LogP contribution in [0, 0.1) is 0 Å². The van der Waals surface area contributed by atoms with Gasteiger partial charge < -0.3 is 0 Å². The van der Waals surface area contributed by atoms with Gasteiger partial charge in [0.1, 0.15) is 0 Å². The third-order valence-corrected chi connectivity index (χ3v) is 13.4. The minimum absolute atomic E-state index is 0. The van der Waals surface area contributed by atoms with Crippen LogP contribution in [0.25, 0.3) is 0 Å². The van der Waals surface area contributed by atoms with Crippen LogP contribution in [0.4, 0.5) is 0 Å². The molecule has 1 atom stereocenters. The summed E-state index contributed by atoms with van der Waals surface area (Å²) in [5.41, 5.74) is 0. The fourth-order valence-electron chi connectivity index (χ4n) is 7.14. The summed E-state index contributed by atoms with van der Waals surface area (Å²) < 4.78 is 0. The summed E-state index contributed by atoms with van der Waals surface area (Å²) in [5.74, 6) is 0. The Kier molecular flexibility index (Phi) is 41.6. The van der Waals surface area contributed by atoms with E-state index in [0.717, 1.165) is 0 Å². The van der Waals surface area contributed by atoms with Crippen LogP contribution in [-0.4, -0.2) is 8.80 Å². The fourth-order valence-corrected chi connectivity index (χ4v) is 9.25. The van der Waals surface area contributed by atoms with Gasteiger partial charge in [-0.15, -0.1) is 6.58 Å². The number of unbranched alkanes of at least 4 members (excludes halogenated alkanes) is 33. The van der Waals surface area contributed by atoms with Crippen molar-refractivity contribution in [2.45, 2.75) is 251 Å². The maximum absolute atomic E-state index is 3.77. The van der Waals surface area contributed by atoms with E-state index in [1.807, 2.05) is 6.08 Å². The van der Waals surface area contributed by atoms with Gasteiger partial charge in [0.15, 0.2) is 0 Å². The Balaban J connectivity index is 0. The molecule has 1 unspecified atom stereocenters. The van der Waals surface area contributed by atoms with Gasteiger partial charge in [0.05, 0.1) is 8.80 Å². The zero-order valence-corrected chi connectivity index (χ0v) is 34.9. The lowest BCUT2D eigenvalue weighted by Gasteiger charge is -2.09. The molecule has 0 fully saturated rings. The first-order valence-corrected chi connectivity index (χ1v) is 25.0. The molecule has 0 heterocycles. The van der Waals surface area contributed by atoms with Gasteiger partial charge >= 0.3 is 0 Å². The minimum Gasteiger partial charge on any atom is -0.103 e. The predicted molar refractivity (Wildman–Crippen MR) is 229 cm³/mol. The SMILES string of the molecule is C=CCCCCCCCCCCCCCCCCCC.CCCCCCCCCCCCCCCCCCCC[SiH](C)c1ccccc1.[HH]. The van der Waals surface area contributed by atoms with E-state index in [0.29, 0.717) is 0 Å². The van der Waals surface area contributed by atoms with E-state index in [1.165, 1.54) is 231 Å². The van der Waals surface area contributed by atoms with Crippen LogP contribution in [0.3, 0.4) is 0 Å². The van der Waals surface area contributed by atoms with Crippen LogP contribution in [-0.2, 0) is 0 Å². The van der Waals surface area contributed by atoms with Crippen molar-refractivity contribution in [1.82, 2.24) is 0 Å². The molecule has 0 saturated heterocycles. The summed E-state index contributed by atoms with van der Waals surface area (Å²) in [6.07, 6.45) is 52.9. The van der Waals surface area contributed by atoms with Crippen LogP contribution in [0.2, 0.25) is 12.6 Å². The van der Waals surface area contributed by atoms with Gasteiger partial charge in [-0.3, -0.25) is 0 Å². The molecule has 0 bridgehead atoms. The highest BCUT2D eigenvalue weighted by molar-refractivity contribution is 6.71. The highest BCUT2D eigenvalue weighted by Crippen LogP contribution is 2.16. The molecule has 0 aromatic heterocycles. The molecular weight excluding hydrogens is 593 g/mol. The first-order chi connectivity index (χ1) is 23.8. The number of rotatable bonds is 37. The van der Waals surface area contributed by atoms with Gasteiger partial charge in [-0.2, -0.15) is 0 Å². The minimum atomic E-state index is -0.657. The van der Waals surface area contributed by atoms with Gasteiger partial charge in [-0.25, -0.2) is 0 Å². The van der Waals surface area contributed by atoms with Crippen LogP contribution in [0.1, 0.15) is 240 Å². The van der Waals surface area contributed by atoms with Crippen LogP contribution in [0.5, 0.6) is 0 Å². The molecular formula is C47H92Si. The lowest BCUT2D eigenvalue weighted by molar-refractivity contribution is 0.526. The fraction of sp³-hybridized carbons (Fsp3) is 0.830. The third kappa shape index (κ3) is 38.0. The lowest BCUT2D eigenvalue weighted by Crippen LogP contribution is -2.25. The van der Waals surface area contributed by atoms with Gasteiger partial charge in [0.25, 0.3) is 0 Å². The molecule has 1 aromatic rings. The normalized spacial score (nSPS) is 11.7. The van der Waals surface area contributed by atoms with Crippen molar-refractivity contribution in [3.05, 3.63) is 43.0 Å². The van der Waals surface area contributed by atoms with Crippen molar-refractivity contribution < 1.29 is 1.43 Å². The molecule has 0 saturated carbocycles. The number of benzene rings is 1. The van der Waals surface area contributed by atoms with E-state index in [4.69, 9.17) is 0 Å². The maximum Gasteiger partial charge on any atom is 0.0677 e. The second kappa shape index (κ2) is 42.3. The van der Waals surface area contributed by atoms with Crippen molar-refractivity contribution >= 4 is 14.0 Å². The number of hydrogen-bond donors (Lipinski definition) is 0. The summed E-state index contributed by atoms with van der Waals surface area (Å²) >= 11 is 0. The van der Waals surface area contributed by atoms with Gasteiger partial charge in [-0.05, 0) is 12.8 Å². The molecule has 1 heteroatoms. The van der Waals surface area contributed by atoms with Crippen LogP contribution < -0.4 is 5.19 Å². The third-order valence-electron chi connectivity index (χ3n) is 10.6. The maximum atomic E-state index is 3.77. The van der Waals surface area contributed by atoms with Gasteiger partial charge in [-0.1, -0.05) is 280 Å². The van der Waals surface area contributed by atoms with E-state index >= 15 is 0 Å². The molecule has 0 aliphatic carbocycles. The smallest absolute Gasteiger partial charge is 0.0677 e. The first kappa shape index (κ1) is 47.2. The van der Waals surface area contributed by atoms with Gasteiger partial charge in [0, 0.05) is 1.43 Å². The molecule has 48 heavy (non-hydrogen) atoms. The summed E-state index contributed by atoms with van der Waals surface area (Å²) in [5, 5.41) is 1.65. The van der Waals surface area contributed by atoms with Gasteiger partial charge in [0.2, 0.25) is 0 Å². The van der Waals surface area contributed by atoms with E-state index < -0.39 is 8.80 Å². The highest BCUT2D eigenvalue weighted by Gasteiger charge is 2.05. The molecule has 284 valence electrons. The highest BCUT2D eigenvalue weighted by atomic mass is 28.3. The van der Waals surface area contributed by atoms with Crippen molar-refractivity contribution in [3.8, 4) is 0 Å². The molecule has 0 aliphatic heterocycles. The molecule has 0 aliphatic rings. The molecule has 0 amide bonds. The van der Waals surface area contributed by atoms with Crippen LogP contribution >= 0.6 is 0 Å². The Bertz CT molecular complexity index is 703. The van der Waals surface area contributed by atoms with E-state index in [1.54, 1.807) is 5.19 Å². The summed E-state index contributed by atoms with van der Waals surface area (Å²) in [4.78, 5) is 0. The zero-order valence-electron chi connectivity index (χ0n) is 33.7. The Morgan fingerprint density at radius 2 is 0.688 bits per heavy atom. The quantitative estimate of drug-likeness (QED) is 0.0372. The van der Waals surface area contributed by atoms with Crippen molar-refractivity contribution in [2.24, 2.45) is 0 Å². The van der Waals surface area contributed by atoms with Crippen molar-refractivity contribution in [1.29, 1.82) is 0 Å². The van der Waals surface area contributed by atoms with E-state index in [-0.39, 0.29) is 1.43 Å². The molecule has 0 N–H and O–H groups in total. The molecule has 1 aromatic carbocycles. The van der Waals surface area contributed by atoms with Crippen LogP contribution in [0.15, 0.2) is 43.0 Å². The standard InChI is InChI=1S/C27H50Si.C20H40.H2/c1-3-4-5-6-7-8-9-10-11-12-13-14-15-16-17-18-19-23-26-28(2)27-24-21-20-22-25-27;1-3-5-7-9-11-13-15-17-19-20-18-16-14-12-10-8-6-4-2;/h20-22,24-25,28H,3-19,23,26H2,1-2H3;3H,1,4-20H2,2H3;1H. The summed E-state index contributed by atoms with van der Waals surface area (Å²) in [6.45, 7) is 10.9. The molecule has 0 radical (unpaired) electrons. The largest absolute Gasteiger partial charge is 0.103 e. The Labute approximate surface area is 308 Å². The summed E-state index contributed by atoms with van der Waals surface area (Å²) in [7, 11) is -0.657. The average molecular weight is 685 g/mol. The Morgan fingerprint density at radius 1 is 0.417 bits per heavy atom. The van der Waals surface area contributed by atoms with Crippen molar-refractivity contribution in [3.63, 3.8) is 0 Å². The average Bonchev–Trinajstić information content (AvgIpc) is 3.11. The zero-order chi connectivity index (χ0) is 34.9.